The molecular formula is C21H25N3O3. The third-order valence-corrected chi connectivity index (χ3v) is 4.64. The van der Waals surface area contributed by atoms with Gasteiger partial charge in [0.25, 0.3) is 5.91 Å². The standard InChI is InChI=1S/C21H25N3O3/c1-2-23-20(25)18-8-5-11-24(14-18)21(26)17-7-3-9-19(12-17)27-15-16-6-4-10-22-13-16/h3-4,6-7,9-10,12-13,18H,2,5,8,11,14-15H2,1H3,(H,23,25). The minimum Gasteiger partial charge on any atom is -0.489 e. The zero-order valence-corrected chi connectivity index (χ0v) is 15.6. The quantitative estimate of drug-likeness (QED) is 0.852. The molecule has 0 spiro atoms. The van der Waals surface area contributed by atoms with Crippen LogP contribution < -0.4 is 10.1 Å². The first-order valence-electron chi connectivity index (χ1n) is 9.36. The van der Waals surface area contributed by atoms with Gasteiger partial charge in [0.2, 0.25) is 5.91 Å². The summed E-state index contributed by atoms with van der Waals surface area (Å²) >= 11 is 0. The number of hydrogen-bond acceptors (Lipinski definition) is 4. The second-order valence-corrected chi connectivity index (χ2v) is 6.66. The average Bonchev–Trinajstić information content (AvgIpc) is 2.73. The van der Waals surface area contributed by atoms with Crippen LogP contribution in [-0.4, -0.2) is 41.3 Å². The third kappa shape index (κ3) is 5.06. The molecule has 6 heteroatoms. The molecule has 0 bridgehead atoms. The minimum absolute atomic E-state index is 0.0311. The first-order chi connectivity index (χ1) is 13.2. The normalized spacial score (nSPS) is 16.6. The van der Waals surface area contributed by atoms with Crippen molar-refractivity contribution < 1.29 is 14.3 Å². The molecular weight excluding hydrogens is 342 g/mol. The summed E-state index contributed by atoms with van der Waals surface area (Å²) in [5.74, 6) is 0.481. The van der Waals surface area contributed by atoms with E-state index in [1.165, 1.54) is 0 Å². The first kappa shape index (κ1) is 18.9. The van der Waals surface area contributed by atoms with Gasteiger partial charge in [0.1, 0.15) is 12.4 Å². The lowest BCUT2D eigenvalue weighted by molar-refractivity contribution is -0.126. The van der Waals surface area contributed by atoms with Gasteiger partial charge in [0.05, 0.1) is 5.92 Å². The number of rotatable bonds is 6. The molecule has 3 rings (SSSR count). The number of benzene rings is 1. The second kappa shape index (κ2) is 9.16. The summed E-state index contributed by atoms with van der Waals surface area (Å²) < 4.78 is 5.79. The number of amides is 2. The lowest BCUT2D eigenvalue weighted by atomic mass is 9.96. The highest BCUT2D eigenvalue weighted by Crippen LogP contribution is 2.21. The lowest BCUT2D eigenvalue weighted by Gasteiger charge is -2.32. The van der Waals surface area contributed by atoms with E-state index in [1.807, 2.05) is 31.2 Å². The summed E-state index contributed by atoms with van der Waals surface area (Å²) in [7, 11) is 0. The van der Waals surface area contributed by atoms with Gasteiger partial charge in [0.15, 0.2) is 0 Å². The zero-order chi connectivity index (χ0) is 19.1. The third-order valence-electron chi connectivity index (χ3n) is 4.64. The topological polar surface area (TPSA) is 71.5 Å². The molecule has 2 heterocycles. The van der Waals surface area contributed by atoms with Gasteiger partial charge in [-0.2, -0.15) is 0 Å². The zero-order valence-electron chi connectivity index (χ0n) is 15.6. The molecule has 1 aliphatic heterocycles. The van der Waals surface area contributed by atoms with Crippen molar-refractivity contribution >= 4 is 11.8 Å². The highest BCUT2D eigenvalue weighted by atomic mass is 16.5. The van der Waals surface area contributed by atoms with Crippen molar-refractivity contribution in [1.29, 1.82) is 0 Å². The van der Waals surface area contributed by atoms with Crippen LogP contribution in [0, 0.1) is 5.92 Å². The second-order valence-electron chi connectivity index (χ2n) is 6.66. The summed E-state index contributed by atoms with van der Waals surface area (Å²) in [6, 6.07) is 11.0. The highest BCUT2D eigenvalue weighted by molar-refractivity contribution is 5.95. The van der Waals surface area contributed by atoms with Crippen LogP contribution in [0.5, 0.6) is 5.75 Å². The summed E-state index contributed by atoms with van der Waals surface area (Å²) in [4.78, 5) is 30.8. The van der Waals surface area contributed by atoms with E-state index < -0.39 is 0 Å². The van der Waals surface area contributed by atoms with E-state index in [0.717, 1.165) is 18.4 Å². The van der Waals surface area contributed by atoms with E-state index in [9.17, 15) is 9.59 Å². The summed E-state index contributed by atoms with van der Waals surface area (Å²) in [6.07, 6.45) is 5.13. The molecule has 1 saturated heterocycles. The van der Waals surface area contributed by atoms with Gasteiger partial charge in [0, 0.05) is 43.2 Å². The Morgan fingerprint density at radius 2 is 2.19 bits per heavy atom. The average molecular weight is 367 g/mol. The van der Waals surface area contributed by atoms with Crippen molar-refractivity contribution in [1.82, 2.24) is 15.2 Å². The largest absolute Gasteiger partial charge is 0.489 e. The van der Waals surface area contributed by atoms with E-state index in [4.69, 9.17) is 4.74 Å². The number of hydrogen-bond donors (Lipinski definition) is 1. The Hall–Kier alpha value is -2.89. The number of piperidine rings is 1. The van der Waals surface area contributed by atoms with E-state index in [0.29, 0.717) is 37.6 Å². The van der Waals surface area contributed by atoms with Crippen molar-refractivity contribution in [2.45, 2.75) is 26.4 Å². The molecule has 0 aliphatic carbocycles. The van der Waals surface area contributed by atoms with Crippen LogP contribution in [0.3, 0.4) is 0 Å². The first-order valence-corrected chi connectivity index (χ1v) is 9.36. The fraction of sp³-hybridized carbons (Fsp3) is 0.381. The van der Waals surface area contributed by atoms with E-state index in [2.05, 4.69) is 10.3 Å². The maximum atomic E-state index is 12.9. The molecule has 2 aromatic rings. The van der Waals surface area contributed by atoms with Gasteiger partial charge >= 0.3 is 0 Å². The van der Waals surface area contributed by atoms with Gasteiger partial charge in [-0.05, 0) is 44.0 Å². The van der Waals surface area contributed by atoms with Crippen molar-refractivity contribution in [3.63, 3.8) is 0 Å². The summed E-state index contributed by atoms with van der Waals surface area (Å²) in [6.45, 7) is 4.05. The molecule has 1 aromatic carbocycles. The number of carbonyl (C=O) groups excluding carboxylic acids is 2. The fourth-order valence-corrected chi connectivity index (χ4v) is 3.25. The Morgan fingerprint density at radius 1 is 1.30 bits per heavy atom. The van der Waals surface area contributed by atoms with Crippen LogP contribution in [0.4, 0.5) is 0 Å². The molecule has 1 atom stereocenters. The Kier molecular flexibility index (Phi) is 6.41. The van der Waals surface area contributed by atoms with E-state index in [-0.39, 0.29) is 17.7 Å². The highest BCUT2D eigenvalue weighted by Gasteiger charge is 2.28. The lowest BCUT2D eigenvalue weighted by Crippen LogP contribution is -2.45. The Morgan fingerprint density at radius 3 is 2.96 bits per heavy atom. The number of pyridine rings is 1. The molecule has 2 amide bonds. The number of nitrogens with zero attached hydrogens (tertiary/aromatic N) is 2. The monoisotopic (exact) mass is 367 g/mol. The molecule has 0 radical (unpaired) electrons. The van der Waals surface area contributed by atoms with Crippen LogP contribution in [-0.2, 0) is 11.4 Å². The predicted molar refractivity (Wildman–Crippen MR) is 102 cm³/mol. The van der Waals surface area contributed by atoms with E-state index in [1.54, 1.807) is 29.4 Å². The molecule has 1 aliphatic rings. The number of ether oxygens (including phenoxy) is 1. The molecule has 1 unspecified atom stereocenters. The van der Waals surface area contributed by atoms with Crippen LogP contribution in [0.2, 0.25) is 0 Å². The van der Waals surface area contributed by atoms with Crippen LogP contribution in [0.1, 0.15) is 35.7 Å². The Balaban J connectivity index is 1.63. The van der Waals surface area contributed by atoms with Crippen molar-refractivity contribution in [2.75, 3.05) is 19.6 Å². The molecule has 6 nitrogen and oxygen atoms in total. The van der Waals surface area contributed by atoms with Crippen LogP contribution in [0.15, 0.2) is 48.8 Å². The Bertz CT molecular complexity index is 779. The van der Waals surface area contributed by atoms with Crippen LogP contribution >= 0.6 is 0 Å². The molecule has 27 heavy (non-hydrogen) atoms. The summed E-state index contributed by atoms with van der Waals surface area (Å²) in [5, 5.41) is 2.85. The van der Waals surface area contributed by atoms with Crippen LogP contribution in [0.25, 0.3) is 0 Å². The van der Waals surface area contributed by atoms with Crippen molar-refractivity contribution in [2.24, 2.45) is 5.92 Å². The molecule has 1 fully saturated rings. The molecule has 0 saturated carbocycles. The smallest absolute Gasteiger partial charge is 0.254 e. The minimum atomic E-state index is -0.132. The molecule has 1 aromatic heterocycles. The fourth-order valence-electron chi connectivity index (χ4n) is 3.25. The maximum Gasteiger partial charge on any atom is 0.254 e. The number of nitrogens with one attached hydrogen (secondary N) is 1. The van der Waals surface area contributed by atoms with E-state index >= 15 is 0 Å². The number of aromatic nitrogens is 1. The molecule has 142 valence electrons. The SMILES string of the molecule is CCNC(=O)C1CCCN(C(=O)c2cccc(OCc3cccnc3)c2)C1. The predicted octanol–water partition coefficient (Wildman–Crippen LogP) is 2.65. The van der Waals surface area contributed by atoms with Gasteiger partial charge in [-0.3, -0.25) is 14.6 Å². The maximum absolute atomic E-state index is 12.9. The van der Waals surface area contributed by atoms with Crippen molar-refractivity contribution in [3.05, 3.63) is 59.9 Å². The number of likely N-dealkylation sites (tertiary alicyclic amines) is 1. The van der Waals surface area contributed by atoms with Gasteiger partial charge in [-0.1, -0.05) is 12.1 Å². The number of carbonyl (C=O) groups is 2. The van der Waals surface area contributed by atoms with Gasteiger partial charge < -0.3 is 15.0 Å². The summed E-state index contributed by atoms with van der Waals surface area (Å²) in [5.41, 5.74) is 1.55. The molecule has 1 N–H and O–H groups in total. The Labute approximate surface area is 159 Å². The van der Waals surface area contributed by atoms with Gasteiger partial charge in [-0.25, -0.2) is 0 Å². The van der Waals surface area contributed by atoms with Gasteiger partial charge in [-0.15, -0.1) is 0 Å². The van der Waals surface area contributed by atoms with Crippen molar-refractivity contribution in [3.8, 4) is 5.75 Å².